The van der Waals surface area contributed by atoms with Crippen LogP contribution in [-0.2, 0) is 11.2 Å². The molecule has 0 saturated carbocycles. The number of hydrogen-bond acceptors (Lipinski definition) is 5. The van der Waals surface area contributed by atoms with Crippen molar-refractivity contribution in [3.63, 3.8) is 0 Å². The van der Waals surface area contributed by atoms with Gasteiger partial charge in [0.15, 0.2) is 0 Å². The molecule has 5 heteroatoms. The summed E-state index contributed by atoms with van der Waals surface area (Å²) in [5, 5.41) is 0.532. The fourth-order valence-electron chi connectivity index (χ4n) is 1.54. The molecule has 1 aromatic carbocycles. The van der Waals surface area contributed by atoms with E-state index in [1.165, 1.54) is 11.3 Å². The number of benzene rings is 1. The molecule has 0 aliphatic carbocycles. The molecule has 0 amide bonds. The summed E-state index contributed by atoms with van der Waals surface area (Å²) in [5.74, 6) is -0.438. The molecule has 1 unspecified atom stereocenters. The Labute approximate surface area is 109 Å². The molecule has 0 aliphatic heterocycles. The van der Waals surface area contributed by atoms with Gasteiger partial charge in [0, 0.05) is 5.69 Å². The summed E-state index contributed by atoms with van der Waals surface area (Å²) in [5.41, 5.74) is 9.03. The number of nitrogens with zero attached hydrogens (tertiary/aromatic N) is 1. The van der Waals surface area contributed by atoms with Crippen LogP contribution in [0.25, 0.3) is 0 Å². The molecular weight excluding hydrogens is 248 g/mol. The smallest absolute Gasteiger partial charge is 0.315 e. The molecule has 2 rings (SSSR count). The third-order valence-corrected chi connectivity index (χ3v) is 3.18. The number of ether oxygens (including phenoxy) is 1. The Bertz CT molecular complexity index is 508. The lowest BCUT2D eigenvalue weighted by Crippen LogP contribution is -2.19. The summed E-state index contributed by atoms with van der Waals surface area (Å²) >= 11 is 1.31. The summed E-state index contributed by atoms with van der Waals surface area (Å²) in [6.45, 7) is 1.85. The number of aromatic nitrogens is 1. The second kappa shape index (κ2) is 5.64. The number of esters is 1. The standard InChI is InChI=1S/C13H14N2O2S/c1-9(6-10-2-4-11(14)5-3-10)13(16)17-12-7-15-8-18-12/h2-5,7-9H,6,14H2,1H3. The minimum atomic E-state index is -0.240. The third-order valence-electron chi connectivity index (χ3n) is 2.53. The molecule has 1 heterocycles. The lowest BCUT2D eigenvalue weighted by Gasteiger charge is -2.10. The van der Waals surface area contributed by atoms with Gasteiger partial charge in [-0.05, 0) is 24.1 Å². The van der Waals surface area contributed by atoms with E-state index in [9.17, 15) is 4.79 Å². The maximum atomic E-state index is 11.8. The molecule has 0 spiro atoms. The van der Waals surface area contributed by atoms with E-state index in [4.69, 9.17) is 10.5 Å². The van der Waals surface area contributed by atoms with Crippen LogP contribution in [0.15, 0.2) is 36.0 Å². The van der Waals surface area contributed by atoms with Gasteiger partial charge in [-0.3, -0.25) is 4.79 Å². The molecule has 18 heavy (non-hydrogen) atoms. The largest absolute Gasteiger partial charge is 0.413 e. The Kier molecular flexibility index (Phi) is 3.94. The van der Waals surface area contributed by atoms with Crippen molar-refractivity contribution in [1.29, 1.82) is 0 Å². The third kappa shape index (κ3) is 3.30. The predicted molar refractivity (Wildman–Crippen MR) is 71.5 cm³/mol. The number of nitrogens with two attached hydrogens (primary N) is 1. The van der Waals surface area contributed by atoms with Crippen LogP contribution in [0.5, 0.6) is 5.06 Å². The molecule has 0 fully saturated rings. The zero-order chi connectivity index (χ0) is 13.0. The van der Waals surface area contributed by atoms with Crippen molar-refractivity contribution < 1.29 is 9.53 Å². The Morgan fingerprint density at radius 3 is 2.78 bits per heavy atom. The molecule has 0 radical (unpaired) electrons. The minimum absolute atomic E-state index is 0.198. The second-order valence-corrected chi connectivity index (χ2v) is 4.94. The second-order valence-electron chi connectivity index (χ2n) is 4.09. The summed E-state index contributed by atoms with van der Waals surface area (Å²) in [4.78, 5) is 15.7. The zero-order valence-corrected chi connectivity index (χ0v) is 10.8. The predicted octanol–water partition coefficient (Wildman–Crippen LogP) is 2.51. The number of carbonyl (C=O) groups excluding carboxylic acids is 1. The summed E-state index contributed by atoms with van der Waals surface area (Å²) in [7, 11) is 0. The van der Waals surface area contributed by atoms with Crippen LogP contribution in [0.1, 0.15) is 12.5 Å². The van der Waals surface area contributed by atoms with E-state index in [1.54, 1.807) is 11.7 Å². The van der Waals surface area contributed by atoms with Gasteiger partial charge >= 0.3 is 5.97 Å². The van der Waals surface area contributed by atoms with Crippen LogP contribution >= 0.6 is 11.3 Å². The quantitative estimate of drug-likeness (QED) is 0.679. The van der Waals surface area contributed by atoms with Crippen LogP contribution < -0.4 is 10.5 Å². The number of thiazole rings is 1. The highest BCUT2D eigenvalue weighted by molar-refractivity contribution is 7.11. The zero-order valence-electron chi connectivity index (χ0n) is 10.00. The lowest BCUT2D eigenvalue weighted by molar-refractivity contribution is -0.138. The Morgan fingerprint density at radius 2 is 2.17 bits per heavy atom. The van der Waals surface area contributed by atoms with Crippen molar-refractivity contribution in [2.75, 3.05) is 5.73 Å². The van der Waals surface area contributed by atoms with E-state index in [0.717, 1.165) is 11.3 Å². The first-order valence-corrected chi connectivity index (χ1v) is 6.47. The van der Waals surface area contributed by atoms with Crippen LogP contribution in [-0.4, -0.2) is 11.0 Å². The van der Waals surface area contributed by atoms with Crippen molar-refractivity contribution in [2.45, 2.75) is 13.3 Å². The first-order chi connectivity index (χ1) is 8.65. The number of rotatable bonds is 4. The molecule has 0 bridgehead atoms. The average Bonchev–Trinajstić information content (AvgIpc) is 2.85. The van der Waals surface area contributed by atoms with Gasteiger partial charge in [-0.1, -0.05) is 30.4 Å². The maximum Gasteiger partial charge on any atom is 0.315 e. The van der Waals surface area contributed by atoms with Crippen LogP contribution in [0.2, 0.25) is 0 Å². The molecule has 0 aliphatic rings. The highest BCUT2D eigenvalue weighted by atomic mass is 32.1. The molecule has 2 aromatic rings. The fraction of sp³-hybridized carbons (Fsp3) is 0.231. The maximum absolute atomic E-state index is 11.8. The van der Waals surface area contributed by atoms with Gasteiger partial charge in [0.25, 0.3) is 0 Å². The first-order valence-electron chi connectivity index (χ1n) is 5.60. The monoisotopic (exact) mass is 262 g/mol. The number of hydrogen-bond donors (Lipinski definition) is 1. The summed E-state index contributed by atoms with van der Waals surface area (Å²) in [6, 6.07) is 7.50. The van der Waals surface area contributed by atoms with Crippen LogP contribution in [0.3, 0.4) is 0 Å². The van der Waals surface area contributed by atoms with E-state index >= 15 is 0 Å². The van der Waals surface area contributed by atoms with Gasteiger partial charge in [-0.15, -0.1) is 0 Å². The molecule has 2 N–H and O–H groups in total. The fourth-order valence-corrected chi connectivity index (χ4v) is 2.02. The molecule has 0 saturated heterocycles. The van der Waals surface area contributed by atoms with Crippen molar-refractivity contribution in [1.82, 2.24) is 4.98 Å². The van der Waals surface area contributed by atoms with E-state index in [2.05, 4.69) is 4.98 Å². The van der Waals surface area contributed by atoms with Crippen LogP contribution in [0.4, 0.5) is 5.69 Å². The number of nitrogen functional groups attached to an aromatic ring is 1. The van der Waals surface area contributed by atoms with Crippen molar-refractivity contribution in [2.24, 2.45) is 5.92 Å². The number of carbonyl (C=O) groups is 1. The SMILES string of the molecule is CC(Cc1ccc(N)cc1)C(=O)Oc1cncs1. The van der Waals surface area contributed by atoms with Crippen LogP contribution in [0, 0.1) is 5.92 Å². The molecular formula is C13H14N2O2S. The van der Waals surface area contributed by atoms with Gasteiger partial charge in [-0.2, -0.15) is 0 Å². The Hall–Kier alpha value is -1.88. The topological polar surface area (TPSA) is 65.2 Å². The van der Waals surface area contributed by atoms with Gasteiger partial charge in [0.2, 0.25) is 5.06 Å². The molecule has 1 atom stereocenters. The lowest BCUT2D eigenvalue weighted by atomic mass is 10.0. The van der Waals surface area contributed by atoms with Gasteiger partial charge in [0.05, 0.1) is 17.6 Å². The Morgan fingerprint density at radius 1 is 1.44 bits per heavy atom. The molecule has 94 valence electrons. The molecule has 1 aromatic heterocycles. The van der Waals surface area contributed by atoms with E-state index in [-0.39, 0.29) is 11.9 Å². The van der Waals surface area contributed by atoms with E-state index in [1.807, 2.05) is 31.2 Å². The van der Waals surface area contributed by atoms with Crippen molar-refractivity contribution >= 4 is 23.0 Å². The van der Waals surface area contributed by atoms with Crippen molar-refractivity contribution in [3.05, 3.63) is 41.5 Å². The van der Waals surface area contributed by atoms with Gasteiger partial charge in [0.1, 0.15) is 0 Å². The highest BCUT2D eigenvalue weighted by Crippen LogP contribution is 2.19. The highest BCUT2D eigenvalue weighted by Gasteiger charge is 2.16. The summed E-state index contributed by atoms with van der Waals surface area (Å²) < 4.78 is 5.20. The van der Waals surface area contributed by atoms with E-state index in [0.29, 0.717) is 11.5 Å². The first kappa shape index (κ1) is 12.6. The van der Waals surface area contributed by atoms with E-state index < -0.39 is 0 Å². The normalized spacial score (nSPS) is 12.1. The Balaban J connectivity index is 1.93. The average molecular weight is 262 g/mol. The van der Waals surface area contributed by atoms with Crippen molar-refractivity contribution in [3.8, 4) is 5.06 Å². The van der Waals surface area contributed by atoms with Gasteiger partial charge in [-0.25, -0.2) is 4.98 Å². The molecule has 4 nitrogen and oxygen atoms in total. The summed E-state index contributed by atoms with van der Waals surface area (Å²) in [6.07, 6.45) is 2.18. The number of anilines is 1. The van der Waals surface area contributed by atoms with Gasteiger partial charge < -0.3 is 10.5 Å². The minimum Gasteiger partial charge on any atom is -0.413 e.